The molecule has 1 aromatic rings. The van der Waals surface area contributed by atoms with E-state index in [0.717, 1.165) is 25.9 Å². The minimum absolute atomic E-state index is 0.0135. The van der Waals surface area contributed by atoms with Gasteiger partial charge in [0.05, 0.1) is 16.6 Å². The van der Waals surface area contributed by atoms with Crippen LogP contribution in [0.2, 0.25) is 0 Å². The number of rotatable bonds is 4. The van der Waals surface area contributed by atoms with Crippen molar-refractivity contribution in [3.63, 3.8) is 0 Å². The Bertz CT molecular complexity index is 532. The van der Waals surface area contributed by atoms with E-state index < -0.39 is 4.92 Å². The summed E-state index contributed by atoms with van der Waals surface area (Å²) in [5.41, 5.74) is 0.860. The molecule has 1 aliphatic heterocycles. The summed E-state index contributed by atoms with van der Waals surface area (Å²) in [7, 11) is 0. The SMILES string of the molecule is CC(Nc1cc(C#N)ccc1[N+](=O)[O-])C1CCCNC1. The molecule has 2 rings (SSSR count). The predicted octanol–water partition coefficient (Wildman–Crippen LogP) is 2.27. The smallest absolute Gasteiger partial charge is 0.292 e. The van der Waals surface area contributed by atoms with Crippen LogP contribution in [0.25, 0.3) is 0 Å². The number of benzene rings is 1. The Kier molecular flexibility index (Phi) is 4.53. The molecule has 2 N–H and O–H groups in total. The van der Waals surface area contributed by atoms with E-state index >= 15 is 0 Å². The second-order valence-corrected chi connectivity index (χ2v) is 5.14. The molecule has 1 fully saturated rings. The Hall–Kier alpha value is -2.13. The van der Waals surface area contributed by atoms with Gasteiger partial charge in [0.15, 0.2) is 0 Å². The maximum Gasteiger partial charge on any atom is 0.292 e. The van der Waals surface area contributed by atoms with Crippen molar-refractivity contribution >= 4 is 11.4 Å². The first-order valence-electron chi connectivity index (χ1n) is 6.77. The maximum atomic E-state index is 11.0. The van der Waals surface area contributed by atoms with Gasteiger partial charge in [-0.1, -0.05) is 0 Å². The third-order valence-corrected chi connectivity index (χ3v) is 3.75. The Morgan fingerprint density at radius 2 is 2.40 bits per heavy atom. The van der Waals surface area contributed by atoms with Crippen molar-refractivity contribution < 1.29 is 4.92 Å². The first kappa shape index (κ1) is 14.3. The molecule has 0 saturated carbocycles. The van der Waals surface area contributed by atoms with Crippen molar-refractivity contribution in [2.24, 2.45) is 5.92 Å². The van der Waals surface area contributed by atoms with Gasteiger partial charge in [-0.25, -0.2) is 0 Å². The number of nitrogens with zero attached hydrogens (tertiary/aromatic N) is 2. The van der Waals surface area contributed by atoms with Crippen LogP contribution in [-0.2, 0) is 0 Å². The molecule has 1 aromatic carbocycles. The number of nitro groups is 1. The molecule has 0 amide bonds. The topological polar surface area (TPSA) is 91.0 Å². The van der Waals surface area contributed by atoms with Crippen molar-refractivity contribution in [1.82, 2.24) is 5.32 Å². The Balaban J connectivity index is 2.18. The van der Waals surface area contributed by atoms with Crippen molar-refractivity contribution in [2.45, 2.75) is 25.8 Å². The summed E-state index contributed by atoms with van der Waals surface area (Å²) >= 11 is 0. The average Bonchev–Trinajstić information content (AvgIpc) is 2.47. The fourth-order valence-corrected chi connectivity index (χ4v) is 2.55. The highest BCUT2D eigenvalue weighted by molar-refractivity contribution is 5.64. The zero-order valence-electron chi connectivity index (χ0n) is 11.4. The minimum atomic E-state index is -0.421. The number of hydrogen-bond donors (Lipinski definition) is 2. The van der Waals surface area contributed by atoms with Gasteiger partial charge in [0.2, 0.25) is 0 Å². The van der Waals surface area contributed by atoms with E-state index in [1.165, 1.54) is 12.1 Å². The second kappa shape index (κ2) is 6.35. The Morgan fingerprint density at radius 3 is 3.00 bits per heavy atom. The molecule has 1 saturated heterocycles. The normalized spacial score (nSPS) is 19.9. The number of hydrogen-bond acceptors (Lipinski definition) is 5. The predicted molar refractivity (Wildman–Crippen MR) is 76.5 cm³/mol. The fraction of sp³-hybridized carbons (Fsp3) is 0.500. The average molecular weight is 274 g/mol. The van der Waals surface area contributed by atoms with Crippen LogP contribution in [0.4, 0.5) is 11.4 Å². The fourth-order valence-electron chi connectivity index (χ4n) is 2.55. The molecule has 20 heavy (non-hydrogen) atoms. The van der Waals surface area contributed by atoms with Crippen molar-refractivity contribution in [1.29, 1.82) is 5.26 Å². The monoisotopic (exact) mass is 274 g/mol. The number of piperidine rings is 1. The minimum Gasteiger partial charge on any atom is -0.377 e. The number of nitro benzene ring substituents is 1. The summed E-state index contributed by atoms with van der Waals surface area (Å²) < 4.78 is 0. The summed E-state index contributed by atoms with van der Waals surface area (Å²) in [6, 6.07) is 6.53. The first-order valence-corrected chi connectivity index (χ1v) is 6.77. The highest BCUT2D eigenvalue weighted by Crippen LogP contribution is 2.28. The number of anilines is 1. The van der Waals surface area contributed by atoms with Crippen LogP contribution in [0.5, 0.6) is 0 Å². The lowest BCUT2D eigenvalue weighted by molar-refractivity contribution is -0.384. The molecule has 6 nitrogen and oxygen atoms in total. The van der Waals surface area contributed by atoms with Crippen molar-refractivity contribution in [2.75, 3.05) is 18.4 Å². The van der Waals surface area contributed by atoms with Crippen LogP contribution in [-0.4, -0.2) is 24.1 Å². The molecule has 106 valence electrons. The van der Waals surface area contributed by atoms with Gasteiger partial charge >= 0.3 is 0 Å². The van der Waals surface area contributed by atoms with E-state index in [2.05, 4.69) is 10.6 Å². The molecule has 0 aromatic heterocycles. The van der Waals surface area contributed by atoms with Crippen LogP contribution >= 0.6 is 0 Å². The van der Waals surface area contributed by atoms with Crippen LogP contribution in [0, 0.1) is 27.4 Å². The summed E-state index contributed by atoms with van der Waals surface area (Å²) in [6.07, 6.45) is 2.23. The van der Waals surface area contributed by atoms with Gasteiger partial charge in [0.25, 0.3) is 5.69 Å². The summed E-state index contributed by atoms with van der Waals surface area (Å²) in [5.74, 6) is 0.439. The van der Waals surface area contributed by atoms with E-state index in [9.17, 15) is 10.1 Å². The highest BCUT2D eigenvalue weighted by atomic mass is 16.6. The molecular formula is C14H18N4O2. The lowest BCUT2D eigenvalue weighted by atomic mass is 9.92. The van der Waals surface area contributed by atoms with Gasteiger partial charge in [-0.15, -0.1) is 0 Å². The molecule has 0 spiro atoms. The van der Waals surface area contributed by atoms with Crippen LogP contribution < -0.4 is 10.6 Å². The largest absolute Gasteiger partial charge is 0.377 e. The number of nitriles is 1. The summed E-state index contributed by atoms with van der Waals surface area (Å²) in [4.78, 5) is 10.6. The van der Waals surface area contributed by atoms with Crippen molar-refractivity contribution in [3.05, 3.63) is 33.9 Å². The molecule has 1 heterocycles. The lowest BCUT2D eigenvalue weighted by Gasteiger charge is -2.29. The third-order valence-electron chi connectivity index (χ3n) is 3.75. The highest BCUT2D eigenvalue weighted by Gasteiger charge is 2.22. The van der Waals surface area contributed by atoms with E-state index in [4.69, 9.17) is 5.26 Å². The summed E-state index contributed by atoms with van der Waals surface area (Å²) in [6.45, 7) is 3.98. The van der Waals surface area contributed by atoms with Gasteiger partial charge in [0, 0.05) is 12.1 Å². The molecule has 2 unspecified atom stereocenters. The van der Waals surface area contributed by atoms with Gasteiger partial charge < -0.3 is 10.6 Å². The van der Waals surface area contributed by atoms with Crippen molar-refractivity contribution in [3.8, 4) is 6.07 Å². The van der Waals surface area contributed by atoms with E-state index in [0.29, 0.717) is 17.2 Å². The zero-order valence-corrected chi connectivity index (χ0v) is 11.4. The second-order valence-electron chi connectivity index (χ2n) is 5.14. The lowest BCUT2D eigenvalue weighted by Crippen LogP contribution is -2.38. The molecule has 6 heteroatoms. The quantitative estimate of drug-likeness (QED) is 0.649. The van der Waals surface area contributed by atoms with Gasteiger partial charge in [0.1, 0.15) is 5.69 Å². The van der Waals surface area contributed by atoms with Crippen LogP contribution in [0.15, 0.2) is 18.2 Å². The Morgan fingerprint density at radius 1 is 1.60 bits per heavy atom. The molecule has 0 aliphatic carbocycles. The molecule has 1 aliphatic rings. The van der Waals surface area contributed by atoms with Crippen LogP contribution in [0.3, 0.4) is 0 Å². The van der Waals surface area contributed by atoms with E-state index in [-0.39, 0.29) is 11.7 Å². The summed E-state index contributed by atoms with van der Waals surface area (Å²) in [5, 5.41) is 26.5. The molecule has 0 bridgehead atoms. The van der Waals surface area contributed by atoms with Gasteiger partial charge in [-0.2, -0.15) is 5.26 Å². The van der Waals surface area contributed by atoms with Gasteiger partial charge in [-0.3, -0.25) is 10.1 Å². The number of nitrogens with one attached hydrogen (secondary N) is 2. The molecule has 2 atom stereocenters. The zero-order chi connectivity index (χ0) is 14.5. The van der Waals surface area contributed by atoms with E-state index in [1.54, 1.807) is 6.07 Å². The van der Waals surface area contributed by atoms with E-state index in [1.807, 2.05) is 13.0 Å². The maximum absolute atomic E-state index is 11.0. The van der Waals surface area contributed by atoms with Crippen LogP contribution in [0.1, 0.15) is 25.3 Å². The Labute approximate surface area is 117 Å². The standard InChI is InChI=1S/C14H18N4O2/c1-10(12-3-2-6-16-9-12)17-13-7-11(8-15)4-5-14(13)18(19)20/h4-5,7,10,12,16-17H,2-3,6,9H2,1H3. The first-order chi connectivity index (χ1) is 9.61. The van der Waals surface area contributed by atoms with Gasteiger partial charge in [-0.05, 0) is 50.9 Å². The molecular weight excluding hydrogens is 256 g/mol. The molecule has 0 radical (unpaired) electrons. The third kappa shape index (κ3) is 3.25.